The molecule has 5 heteroatoms. The van der Waals surface area contributed by atoms with Crippen molar-refractivity contribution in [1.29, 1.82) is 0 Å². The first-order valence-corrected chi connectivity index (χ1v) is 12.9. The van der Waals surface area contributed by atoms with Crippen molar-refractivity contribution in [1.82, 2.24) is 14.7 Å². The summed E-state index contributed by atoms with van der Waals surface area (Å²) in [4.78, 5) is 19.6. The molecule has 1 saturated heterocycles. The lowest BCUT2D eigenvalue weighted by atomic mass is 9.88. The lowest BCUT2D eigenvalue weighted by Crippen LogP contribution is -2.54. The molecule has 0 atom stereocenters. The molecular formula is C29H41N3O2. The van der Waals surface area contributed by atoms with Crippen LogP contribution in [0.1, 0.15) is 57.6 Å². The standard InChI is InChI=1S/C29H41N3O2/c1-29(2,3)34-28(33)31-20-18-30(19-21-31)26-14-16-27(17-15-26)32(22-24-10-6-4-7-11-24)23-25-12-8-5-9-13-25/h4-13,26-27H,14-23H2,1-3H3/t26-,27-. The fourth-order valence-corrected chi connectivity index (χ4v) is 5.33. The van der Waals surface area contributed by atoms with Crippen molar-refractivity contribution in [3.05, 3.63) is 71.8 Å². The van der Waals surface area contributed by atoms with E-state index in [1.807, 2.05) is 25.7 Å². The highest BCUT2D eigenvalue weighted by Crippen LogP contribution is 2.29. The second-order valence-corrected chi connectivity index (χ2v) is 10.8. The van der Waals surface area contributed by atoms with Gasteiger partial charge in [0.15, 0.2) is 0 Å². The molecule has 34 heavy (non-hydrogen) atoms. The van der Waals surface area contributed by atoms with Crippen LogP contribution in [0, 0.1) is 0 Å². The predicted molar refractivity (Wildman–Crippen MR) is 138 cm³/mol. The minimum atomic E-state index is -0.433. The number of piperazine rings is 1. The van der Waals surface area contributed by atoms with E-state index in [9.17, 15) is 4.79 Å². The third-order valence-corrected chi connectivity index (χ3v) is 7.12. The molecule has 0 N–H and O–H groups in total. The van der Waals surface area contributed by atoms with Crippen LogP contribution in [0.4, 0.5) is 4.79 Å². The summed E-state index contributed by atoms with van der Waals surface area (Å²) in [6, 6.07) is 23.0. The molecule has 1 amide bonds. The van der Waals surface area contributed by atoms with Crippen LogP contribution in [0.3, 0.4) is 0 Å². The Morgan fingerprint density at radius 1 is 0.824 bits per heavy atom. The summed E-state index contributed by atoms with van der Waals surface area (Å²) in [5, 5.41) is 0. The zero-order valence-electron chi connectivity index (χ0n) is 21.2. The van der Waals surface area contributed by atoms with E-state index in [4.69, 9.17) is 4.74 Å². The number of carbonyl (C=O) groups is 1. The van der Waals surface area contributed by atoms with E-state index < -0.39 is 5.60 Å². The third kappa shape index (κ3) is 7.07. The number of hydrogen-bond donors (Lipinski definition) is 0. The average Bonchev–Trinajstić information content (AvgIpc) is 2.84. The number of amides is 1. The highest BCUT2D eigenvalue weighted by Gasteiger charge is 2.32. The summed E-state index contributed by atoms with van der Waals surface area (Å²) in [6.45, 7) is 11.2. The van der Waals surface area contributed by atoms with Crippen LogP contribution in [-0.2, 0) is 17.8 Å². The van der Waals surface area contributed by atoms with Crippen molar-refractivity contribution >= 4 is 6.09 Å². The monoisotopic (exact) mass is 463 g/mol. The molecule has 1 aliphatic heterocycles. The van der Waals surface area contributed by atoms with Gasteiger partial charge in [-0.05, 0) is 57.6 Å². The number of ether oxygens (including phenoxy) is 1. The van der Waals surface area contributed by atoms with Gasteiger partial charge in [0.05, 0.1) is 0 Å². The first-order valence-electron chi connectivity index (χ1n) is 12.9. The summed E-state index contributed by atoms with van der Waals surface area (Å²) in [7, 11) is 0. The van der Waals surface area contributed by atoms with Crippen LogP contribution in [0.15, 0.2) is 60.7 Å². The van der Waals surface area contributed by atoms with Gasteiger partial charge in [0.25, 0.3) is 0 Å². The van der Waals surface area contributed by atoms with E-state index in [2.05, 4.69) is 70.5 Å². The van der Waals surface area contributed by atoms with E-state index >= 15 is 0 Å². The van der Waals surface area contributed by atoms with Gasteiger partial charge in [-0.2, -0.15) is 0 Å². The quantitative estimate of drug-likeness (QED) is 0.563. The van der Waals surface area contributed by atoms with Gasteiger partial charge in [0, 0.05) is 51.4 Å². The lowest BCUT2D eigenvalue weighted by molar-refractivity contribution is 0.00534. The molecule has 5 nitrogen and oxygen atoms in total. The zero-order chi connectivity index (χ0) is 24.0. The smallest absolute Gasteiger partial charge is 0.410 e. The maximum atomic E-state index is 12.4. The molecule has 0 spiro atoms. The molecule has 2 aromatic rings. The third-order valence-electron chi connectivity index (χ3n) is 7.12. The van der Waals surface area contributed by atoms with Crippen LogP contribution in [0.5, 0.6) is 0 Å². The number of hydrogen-bond acceptors (Lipinski definition) is 4. The summed E-state index contributed by atoms with van der Waals surface area (Å²) in [5.41, 5.74) is 2.34. The molecule has 2 fully saturated rings. The van der Waals surface area contributed by atoms with Crippen LogP contribution in [0.2, 0.25) is 0 Å². The van der Waals surface area contributed by atoms with Crippen molar-refractivity contribution < 1.29 is 9.53 Å². The molecule has 1 aliphatic carbocycles. The number of carbonyl (C=O) groups excluding carboxylic acids is 1. The molecule has 0 bridgehead atoms. The number of benzene rings is 2. The topological polar surface area (TPSA) is 36.0 Å². The van der Waals surface area contributed by atoms with Gasteiger partial charge in [-0.15, -0.1) is 0 Å². The first kappa shape index (κ1) is 24.7. The molecule has 0 aromatic heterocycles. The van der Waals surface area contributed by atoms with Gasteiger partial charge in [-0.1, -0.05) is 60.7 Å². The van der Waals surface area contributed by atoms with Gasteiger partial charge in [-0.3, -0.25) is 9.80 Å². The Labute approximate surface area is 205 Å². The highest BCUT2D eigenvalue weighted by atomic mass is 16.6. The predicted octanol–water partition coefficient (Wildman–Crippen LogP) is 5.55. The molecule has 184 valence electrons. The normalized spacial score (nSPS) is 22.1. The molecular weight excluding hydrogens is 422 g/mol. The largest absolute Gasteiger partial charge is 0.444 e. The Morgan fingerprint density at radius 2 is 1.32 bits per heavy atom. The van der Waals surface area contributed by atoms with E-state index in [1.54, 1.807) is 0 Å². The second-order valence-electron chi connectivity index (χ2n) is 10.8. The van der Waals surface area contributed by atoms with Crippen LogP contribution in [0.25, 0.3) is 0 Å². The van der Waals surface area contributed by atoms with Crippen molar-refractivity contribution in [2.45, 2.75) is 77.2 Å². The number of nitrogens with zero attached hydrogens (tertiary/aromatic N) is 3. The summed E-state index contributed by atoms with van der Waals surface area (Å²) >= 11 is 0. The first-order chi connectivity index (χ1) is 16.4. The van der Waals surface area contributed by atoms with Crippen LogP contribution in [-0.4, -0.2) is 64.7 Å². The Kier molecular flexibility index (Phi) is 8.28. The summed E-state index contributed by atoms with van der Waals surface area (Å²) in [5.74, 6) is 0. The maximum Gasteiger partial charge on any atom is 0.410 e. The Balaban J connectivity index is 1.30. The SMILES string of the molecule is CC(C)(C)OC(=O)N1CCN([C@H]2CC[C@H](N(Cc3ccccc3)Cc3ccccc3)CC2)CC1. The van der Waals surface area contributed by atoms with E-state index in [1.165, 1.54) is 36.8 Å². The molecule has 0 radical (unpaired) electrons. The zero-order valence-corrected chi connectivity index (χ0v) is 21.2. The maximum absolute atomic E-state index is 12.4. The fourth-order valence-electron chi connectivity index (χ4n) is 5.33. The molecule has 4 rings (SSSR count). The van der Waals surface area contributed by atoms with Gasteiger partial charge in [-0.25, -0.2) is 4.79 Å². The molecule has 2 aliphatic rings. The molecule has 1 heterocycles. The van der Waals surface area contributed by atoms with Crippen molar-refractivity contribution in [2.24, 2.45) is 0 Å². The van der Waals surface area contributed by atoms with Gasteiger partial charge >= 0.3 is 6.09 Å². The Morgan fingerprint density at radius 3 is 1.79 bits per heavy atom. The van der Waals surface area contributed by atoms with Crippen LogP contribution < -0.4 is 0 Å². The van der Waals surface area contributed by atoms with Gasteiger partial charge < -0.3 is 9.64 Å². The minimum absolute atomic E-state index is 0.173. The van der Waals surface area contributed by atoms with Gasteiger partial charge in [0.1, 0.15) is 5.60 Å². The van der Waals surface area contributed by atoms with Gasteiger partial charge in [0.2, 0.25) is 0 Å². The Hall–Kier alpha value is -2.37. The molecule has 1 saturated carbocycles. The fraction of sp³-hybridized carbons (Fsp3) is 0.552. The van der Waals surface area contributed by atoms with E-state index in [0.717, 1.165) is 39.3 Å². The Bertz CT molecular complexity index is 839. The van der Waals surface area contributed by atoms with Crippen molar-refractivity contribution in [2.75, 3.05) is 26.2 Å². The summed E-state index contributed by atoms with van der Waals surface area (Å²) < 4.78 is 5.56. The van der Waals surface area contributed by atoms with Crippen molar-refractivity contribution in [3.8, 4) is 0 Å². The lowest BCUT2D eigenvalue weighted by Gasteiger charge is -2.44. The minimum Gasteiger partial charge on any atom is -0.444 e. The molecule has 2 aromatic carbocycles. The number of rotatable bonds is 6. The van der Waals surface area contributed by atoms with E-state index in [0.29, 0.717) is 12.1 Å². The molecule has 0 unspecified atom stereocenters. The average molecular weight is 464 g/mol. The van der Waals surface area contributed by atoms with Crippen molar-refractivity contribution in [3.63, 3.8) is 0 Å². The highest BCUT2D eigenvalue weighted by molar-refractivity contribution is 5.68. The van der Waals surface area contributed by atoms with Crippen LogP contribution >= 0.6 is 0 Å². The second kappa shape index (κ2) is 11.4. The van der Waals surface area contributed by atoms with E-state index in [-0.39, 0.29) is 6.09 Å². The summed E-state index contributed by atoms with van der Waals surface area (Å²) in [6.07, 6.45) is 4.76.